The number of hydrogen-bond acceptors (Lipinski definition) is 4. The number of rotatable bonds is 6. The summed E-state index contributed by atoms with van der Waals surface area (Å²) >= 11 is 0. The molecule has 0 aliphatic heterocycles. The SMILES string of the molecule is CCC(C)N(C)CCNc1cc(C(F)(F)F)ncc1N. The van der Waals surface area contributed by atoms with Crippen LogP contribution in [0.25, 0.3) is 0 Å². The number of nitrogen functional groups attached to an aromatic ring is 1. The van der Waals surface area contributed by atoms with E-state index in [2.05, 4.69) is 29.0 Å². The number of pyridine rings is 1. The molecule has 3 N–H and O–H groups in total. The summed E-state index contributed by atoms with van der Waals surface area (Å²) in [6.07, 6.45) is -2.41. The molecular weight excluding hydrogens is 269 g/mol. The molecule has 0 aliphatic carbocycles. The fraction of sp³-hybridized carbons (Fsp3) is 0.615. The number of alkyl halides is 3. The smallest absolute Gasteiger partial charge is 0.396 e. The summed E-state index contributed by atoms with van der Waals surface area (Å²) in [6, 6.07) is 1.37. The van der Waals surface area contributed by atoms with Gasteiger partial charge in [0.05, 0.1) is 17.6 Å². The van der Waals surface area contributed by atoms with Crippen LogP contribution >= 0.6 is 0 Å². The Balaban J connectivity index is 2.64. The van der Waals surface area contributed by atoms with Crippen LogP contribution in [0.15, 0.2) is 12.3 Å². The summed E-state index contributed by atoms with van der Waals surface area (Å²) in [5.41, 5.74) is 5.17. The Labute approximate surface area is 117 Å². The first kappa shape index (κ1) is 16.6. The van der Waals surface area contributed by atoms with Crippen LogP contribution in [0, 0.1) is 0 Å². The molecule has 1 aromatic rings. The predicted octanol–water partition coefficient (Wildman–Crippen LogP) is 2.82. The lowest BCUT2D eigenvalue weighted by molar-refractivity contribution is -0.141. The minimum absolute atomic E-state index is 0.212. The molecule has 0 bridgehead atoms. The van der Waals surface area contributed by atoms with Gasteiger partial charge in [0.25, 0.3) is 0 Å². The number of anilines is 2. The molecular formula is C13H21F3N4. The molecule has 4 nitrogen and oxygen atoms in total. The van der Waals surface area contributed by atoms with Gasteiger partial charge in [0.2, 0.25) is 0 Å². The number of nitrogens with one attached hydrogen (secondary N) is 1. The molecule has 0 saturated carbocycles. The van der Waals surface area contributed by atoms with E-state index in [9.17, 15) is 13.2 Å². The molecule has 20 heavy (non-hydrogen) atoms. The highest BCUT2D eigenvalue weighted by atomic mass is 19.4. The molecule has 0 saturated heterocycles. The Bertz CT molecular complexity index is 434. The molecule has 114 valence electrons. The van der Waals surface area contributed by atoms with Gasteiger partial charge in [0, 0.05) is 19.1 Å². The molecule has 1 rings (SSSR count). The van der Waals surface area contributed by atoms with Gasteiger partial charge in [-0.05, 0) is 26.5 Å². The van der Waals surface area contributed by atoms with Crippen LogP contribution in [0.4, 0.5) is 24.5 Å². The number of nitrogens with two attached hydrogens (primary N) is 1. The molecule has 0 spiro atoms. The second-order valence-corrected chi connectivity index (χ2v) is 4.82. The molecule has 0 radical (unpaired) electrons. The first-order valence-corrected chi connectivity index (χ1v) is 6.52. The Morgan fingerprint density at radius 1 is 1.45 bits per heavy atom. The van der Waals surface area contributed by atoms with Gasteiger partial charge < -0.3 is 16.0 Å². The standard InChI is InChI=1S/C13H21F3N4/c1-4-9(2)20(3)6-5-18-11-7-12(13(14,15)16)19-8-10(11)17/h7-9H,4-6,17H2,1-3H3,(H,18,19). The van der Waals surface area contributed by atoms with E-state index in [1.807, 2.05) is 7.05 Å². The monoisotopic (exact) mass is 290 g/mol. The van der Waals surface area contributed by atoms with Crippen LogP contribution in [0.3, 0.4) is 0 Å². The van der Waals surface area contributed by atoms with Crippen LogP contribution in [0.2, 0.25) is 0 Å². The zero-order valence-corrected chi connectivity index (χ0v) is 12.0. The van der Waals surface area contributed by atoms with Crippen LogP contribution in [0.5, 0.6) is 0 Å². The van der Waals surface area contributed by atoms with Crippen molar-refractivity contribution in [2.75, 3.05) is 31.2 Å². The maximum Gasteiger partial charge on any atom is 0.433 e. The Morgan fingerprint density at radius 2 is 2.10 bits per heavy atom. The third kappa shape index (κ3) is 4.56. The van der Waals surface area contributed by atoms with Gasteiger partial charge in [-0.25, -0.2) is 4.98 Å². The van der Waals surface area contributed by atoms with E-state index in [-0.39, 0.29) is 11.4 Å². The summed E-state index contributed by atoms with van der Waals surface area (Å²) in [7, 11) is 1.98. The molecule has 1 atom stereocenters. The molecule has 0 aromatic carbocycles. The number of likely N-dealkylation sites (N-methyl/N-ethyl adjacent to an activating group) is 1. The van der Waals surface area contributed by atoms with Crippen molar-refractivity contribution in [2.45, 2.75) is 32.5 Å². The molecule has 1 unspecified atom stereocenters. The van der Waals surface area contributed by atoms with Crippen molar-refractivity contribution in [3.8, 4) is 0 Å². The van der Waals surface area contributed by atoms with Crippen molar-refractivity contribution in [1.82, 2.24) is 9.88 Å². The van der Waals surface area contributed by atoms with Crippen LogP contribution in [-0.2, 0) is 6.18 Å². The zero-order chi connectivity index (χ0) is 15.3. The van der Waals surface area contributed by atoms with Crippen molar-refractivity contribution in [3.05, 3.63) is 18.0 Å². The average Bonchev–Trinajstić information content (AvgIpc) is 2.38. The lowest BCUT2D eigenvalue weighted by Crippen LogP contribution is -2.32. The summed E-state index contributed by atoms with van der Waals surface area (Å²) in [5.74, 6) is 0. The van der Waals surface area contributed by atoms with Crippen LogP contribution < -0.4 is 11.1 Å². The highest BCUT2D eigenvalue weighted by Gasteiger charge is 2.32. The lowest BCUT2D eigenvalue weighted by Gasteiger charge is -2.23. The number of aromatic nitrogens is 1. The zero-order valence-electron chi connectivity index (χ0n) is 12.0. The first-order chi connectivity index (χ1) is 9.25. The molecule has 0 aliphatic rings. The van der Waals surface area contributed by atoms with E-state index in [0.717, 1.165) is 25.2 Å². The fourth-order valence-electron chi connectivity index (χ4n) is 1.67. The molecule has 0 fully saturated rings. The highest BCUT2D eigenvalue weighted by molar-refractivity contribution is 5.65. The quantitative estimate of drug-likeness (QED) is 0.846. The summed E-state index contributed by atoms with van der Waals surface area (Å²) in [5, 5.41) is 2.93. The third-order valence-corrected chi connectivity index (χ3v) is 3.35. The third-order valence-electron chi connectivity index (χ3n) is 3.35. The second kappa shape index (κ2) is 6.78. The Morgan fingerprint density at radius 3 is 2.65 bits per heavy atom. The van der Waals surface area contributed by atoms with Crippen LogP contribution in [0.1, 0.15) is 26.0 Å². The maximum absolute atomic E-state index is 12.6. The van der Waals surface area contributed by atoms with Gasteiger partial charge >= 0.3 is 6.18 Å². The highest BCUT2D eigenvalue weighted by Crippen LogP contribution is 2.30. The minimum atomic E-state index is -4.46. The van der Waals surface area contributed by atoms with Gasteiger partial charge in [-0.15, -0.1) is 0 Å². The van der Waals surface area contributed by atoms with E-state index >= 15 is 0 Å². The van der Waals surface area contributed by atoms with Gasteiger partial charge in [-0.1, -0.05) is 6.92 Å². The first-order valence-electron chi connectivity index (χ1n) is 6.52. The maximum atomic E-state index is 12.6. The van der Waals surface area contributed by atoms with Gasteiger partial charge in [0.15, 0.2) is 0 Å². The second-order valence-electron chi connectivity index (χ2n) is 4.82. The van der Waals surface area contributed by atoms with Crippen molar-refractivity contribution in [3.63, 3.8) is 0 Å². The molecule has 1 aromatic heterocycles. The summed E-state index contributed by atoms with van der Waals surface area (Å²) in [6.45, 7) is 5.43. The van der Waals surface area contributed by atoms with Gasteiger partial charge in [-0.3, -0.25) is 0 Å². The lowest BCUT2D eigenvalue weighted by atomic mass is 10.2. The molecule has 7 heteroatoms. The predicted molar refractivity (Wildman–Crippen MR) is 74.5 cm³/mol. The Kier molecular flexibility index (Phi) is 5.62. The van der Waals surface area contributed by atoms with Gasteiger partial charge in [-0.2, -0.15) is 13.2 Å². The van der Waals surface area contributed by atoms with Crippen LogP contribution in [-0.4, -0.2) is 36.1 Å². The molecule has 0 amide bonds. The number of nitrogens with zero attached hydrogens (tertiary/aromatic N) is 2. The minimum Gasteiger partial charge on any atom is -0.396 e. The summed E-state index contributed by atoms with van der Waals surface area (Å²) in [4.78, 5) is 5.43. The van der Waals surface area contributed by atoms with Crippen molar-refractivity contribution >= 4 is 11.4 Å². The van der Waals surface area contributed by atoms with E-state index in [0.29, 0.717) is 12.6 Å². The van der Waals surface area contributed by atoms with E-state index in [4.69, 9.17) is 5.73 Å². The van der Waals surface area contributed by atoms with Crippen molar-refractivity contribution < 1.29 is 13.2 Å². The van der Waals surface area contributed by atoms with E-state index < -0.39 is 11.9 Å². The normalized spacial score (nSPS) is 13.6. The average molecular weight is 290 g/mol. The fourth-order valence-corrected chi connectivity index (χ4v) is 1.67. The van der Waals surface area contributed by atoms with E-state index in [1.165, 1.54) is 0 Å². The summed E-state index contributed by atoms with van der Waals surface area (Å²) < 4.78 is 37.7. The van der Waals surface area contributed by atoms with Crippen molar-refractivity contribution in [2.24, 2.45) is 0 Å². The largest absolute Gasteiger partial charge is 0.433 e. The van der Waals surface area contributed by atoms with Crippen molar-refractivity contribution in [1.29, 1.82) is 0 Å². The Hall–Kier alpha value is -1.50. The molecule has 1 heterocycles. The topological polar surface area (TPSA) is 54.2 Å². The number of hydrogen-bond donors (Lipinski definition) is 2. The number of halogens is 3. The van der Waals surface area contributed by atoms with Gasteiger partial charge in [0.1, 0.15) is 5.69 Å². The van der Waals surface area contributed by atoms with E-state index in [1.54, 1.807) is 0 Å².